The van der Waals surface area contributed by atoms with E-state index < -0.39 is 0 Å². The molecule has 0 amide bonds. The Bertz CT molecular complexity index is 327. The minimum atomic E-state index is 0.936. The van der Waals surface area contributed by atoms with E-state index in [4.69, 9.17) is 4.74 Å². The number of allylic oxidation sites excluding steroid dienone is 6. The van der Waals surface area contributed by atoms with Crippen LogP contribution in [-0.4, -0.2) is 0 Å². The van der Waals surface area contributed by atoms with E-state index in [0.717, 1.165) is 12.2 Å². The lowest BCUT2D eigenvalue weighted by molar-refractivity contribution is 0.332. The van der Waals surface area contributed by atoms with Gasteiger partial charge in [0, 0.05) is 6.42 Å². The summed E-state index contributed by atoms with van der Waals surface area (Å²) in [5.41, 5.74) is 3.96. The molecule has 1 aliphatic heterocycles. The Hall–Kier alpha value is -1.24. The second kappa shape index (κ2) is 7.98. The molecule has 1 nitrogen and oxygen atoms in total. The molecule has 2 aliphatic rings. The first kappa shape index (κ1) is 14.8. The van der Waals surface area contributed by atoms with Crippen molar-refractivity contribution in [1.29, 1.82) is 0 Å². The fourth-order valence-electron chi connectivity index (χ4n) is 1.44. The highest BCUT2D eigenvalue weighted by molar-refractivity contribution is 5.42. The lowest BCUT2D eigenvalue weighted by Gasteiger charge is -2.10. The van der Waals surface area contributed by atoms with Crippen LogP contribution in [0.1, 0.15) is 48.0 Å². The van der Waals surface area contributed by atoms with E-state index in [1.165, 1.54) is 16.7 Å². The molecule has 16 heavy (non-hydrogen) atoms. The van der Waals surface area contributed by atoms with Crippen molar-refractivity contribution in [3.63, 3.8) is 0 Å². The fourth-order valence-corrected chi connectivity index (χ4v) is 1.44. The van der Waals surface area contributed by atoms with E-state index in [0.29, 0.717) is 0 Å². The van der Waals surface area contributed by atoms with Gasteiger partial charge in [0.2, 0.25) is 0 Å². The van der Waals surface area contributed by atoms with Gasteiger partial charge >= 0.3 is 0 Å². The SMILES string of the molecule is CC.CC.CC1=C(C)C=C2CC(=C1)C=CO2. The first-order valence-corrected chi connectivity index (χ1v) is 6.17. The maximum absolute atomic E-state index is 5.35. The Balaban J connectivity index is 0.000000509. The van der Waals surface area contributed by atoms with Gasteiger partial charge in [0.05, 0.1) is 6.26 Å². The third-order valence-electron chi connectivity index (χ3n) is 2.28. The van der Waals surface area contributed by atoms with Gasteiger partial charge in [-0.3, -0.25) is 0 Å². The fraction of sp³-hybridized carbons (Fsp3) is 0.467. The summed E-state index contributed by atoms with van der Waals surface area (Å²) in [5, 5.41) is 0. The zero-order valence-electron chi connectivity index (χ0n) is 11.4. The maximum Gasteiger partial charge on any atom is 0.108 e. The average Bonchev–Trinajstić information content (AvgIpc) is 2.42. The van der Waals surface area contributed by atoms with Crippen molar-refractivity contribution >= 4 is 0 Å². The van der Waals surface area contributed by atoms with Gasteiger partial charge in [-0.05, 0) is 42.7 Å². The van der Waals surface area contributed by atoms with Crippen LogP contribution in [0.15, 0.2) is 47.0 Å². The molecule has 0 radical (unpaired) electrons. The van der Waals surface area contributed by atoms with Gasteiger partial charge in [0.15, 0.2) is 0 Å². The molecule has 0 N–H and O–H groups in total. The maximum atomic E-state index is 5.35. The molecular weight excluding hydrogens is 196 g/mol. The van der Waals surface area contributed by atoms with E-state index in [-0.39, 0.29) is 0 Å². The molecule has 0 saturated carbocycles. The van der Waals surface area contributed by atoms with E-state index >= 15 is 0 Å². The van der Waals surface area contributed by atoms with Crippen LogP contribution in [0.2, 0.25) is 0 Å². The van der Waals surface area contributed by atoms with E-state index in [1.807, 2.05) is 33.8 Å². The molecule has 0 unspecified atom stereocenters. The Morgan fingerprint density at radius 2 is 1.50 bits per heavy atom. The zero-order chi connectivity index (χ0) is 12.6. The van der Waals surface area contributed by atoms with Gasteiger partial charge in [0.1, 0.15) is 5.76 Å². The molecule has 0 aromatic carbocycles. The third-order valence-corrected chi connectivity index (χ3v) is 2.28. The predicted molar refractivity (Wildman–Crippen MR) is 72.1 cm³/mol. The topological polar surface area (TPSA) is 9.23 Å². The third kappa shape index (κ3) is 4.09. The van der Waals surface area contributed by atoms with Crippen molar-refractivity contribution < 1.29 is 4.74 Å². The van der Waals surface area contributed by atoms with E-state index in [2.05, 4.69) is 26.0 Å². The van der Waals surface area contributed by atoms with E-state index in [9.17, 15) is 0 Å². The molecule has 0 aromatic rings. The Morgan fingerprint density at radius 3 is 2.12 bits per heavy atom. The highest BCUT2D eigenvalue weighted by Gasteiger charge is 2.10. The van der Waals surface area contributed by atoms with Crippen molar-refractivity contribution in [3.05, 3.63) is 47.0 Å². The van der Waals surface area contributed by atoms with Crippen molar-refractivity contribution in [3.8, 4) is 0 Å². The van der Waals surface area contributed by atoms with Crippen molar-refractivity contribution in [2.75, 3.05) is 0 Å². The summed E-state index contributed by atoms with van der Waals surface area (Å²) in [6.45, 7) is 12.2. The highest BCUT2D eigenvalue weighted by Crippen LogP contribution is 2.26. The summed E-state index contributed by atoms with van der Waals surface area (Å²) in [6, 6.07) is 0. The standard InChI is InChI=1S/C11H12O.2C2H6/c1-8-5-10-3-4-12-11(7-10)6-9(8)2;2*1-2/h3-6H,7H2,1-2H3;2*1-2H3. The molecular formula is C15H24O. The monoisotopic (exact) mass is 220 g/mol. The molecule has 1 heteroatoms. The van der Waals surface area contributed by atoms with Crippen LogP contribution in [0.25, 0.3) is 0 Å². The number of hydrogen-bond acceptors (Lipinski definition) is 1. The molecule has 0 spiro atoms. The summed E-state index contributed by atoms with van der Waals surface area (Å²) in [4.78, 5) is 0. The molecule has 0 fully saturated rings. The van der Waals surface area contributed by atoms with Crippen LogP contribution >= 0.6 is 0 Å². The predicted octanol–water partition coefficient (Wildman–Crippen LogP) is 5.13. The first-order valence-electron chi connectivity index (χ1n) is 6.17. The molecule has 2 rings (SSSR count). The van der Waals surface area contributed by atoms with Crippen LogP contribution in [0.4, 0.5) is 0 Å². The Morgan fingerprint density at radius 1 is 0.938 bits per heavy atom. The Labute approximate surface area is 100 Å². The summed E-state index contributed by atoms with van der Waals surface area (Å²) < 4.78 is 5.35. The summed E-state index contributed by atoms with van der Waals surface area (Å²) in [7, 11) is 0. The number of hydrogen-bond donors (Lipinski definition) is 0. The quantitative estimate of drug-likeness (QED) is 0.549. The van der Waals surface area contributed by atoms with Crippen LogP contribution in [0.5, 0.6) is 0 Å². The molecule has 1 heterocycles. The minimum Gasteiger partial charge on any atom is -0.469 e. The van der Waals surface area contributed by atoms with Gasteiger partial charge < -0.3 is 4.74 Å². The number of fused-ring (bicyclic) bond motifs is 2. The van der Waals surface area contributed by atoms with Crippen LogP contribution < -0.4 is 0 Å². The van der Waals surface area contributed by atoms with Gasteiger partial charge in [-0.25, -0.2) is 0 Å². The van der Waals surface area contributed by atoms with Crippen molar-refractivity contribution in [1.82, 2.24) is 0 Å². The second-order valence-electron chi connectivity index (χ2n) is 3.29. The second-order valence-corrected chi connectivity index (χ2v) is 3.29. The minimum absolute atomic E-state index is 0.936. The molecule has 90 valence electrons. The Kier molecular flexibility index (Phi) is 7.36. The lowest BCUT2D eigenvalue weighted by atomic mass is 10.1. The van der Waals surface area contributed by atoms with Gasteiger partial charge in [-0.2, -0.15) is 0 Å². The number of ether oxygens (including phenoxy) is 1. The first-order chi connectivity index (χ1) is 7.75. The van der Waals surface area contributed by atoms with Crippen molar-refractivity contribution in [2.45, 2.75) is 48.0 Å². The molecule has 0 atom stereocenters. The van der Waals surface area contributed by atoms with Crippen molar-refractivity contribution in [2.24, 2.45) is 0 Å². The molecule has 0 saturated heterocycles. The average molecular weight is 220 g/mol. The van der Waals surface area contributed by atoms with Gasteiger partial charge in [0.25, 0.3) is 0 Å². The zero-order valence-corrected chi connectivity index (χ0v) is 11.4. The largest absolute Gasteiger partial charge is 0.469 e. The van der Waals surface area contributed by atoms with E-state index in [1.54, 1.807) is 6.26 Å². The molecule has 0 aromatic heterocycles. The highest BCUT2D eigenvalue weighted by atomic mass is 16.5. The normalized spacial score (nSPS) is 16.6. The van der Waals surface area contributed by atoms with Crippen LogP contribution in [-0.2, 0) is 4.74 Å². The van der Waals surface area contributed by atoms with Gasteiger partial charge in [-0.1, -0.05) is 33.8 Å². The van der Waals surface area contributed by atoms with Crippen LogP contribution in [0.3, 0.4) is 0 Å². The number of rotatable bonds is 0. The molecule has 2 bridgehead atoms. The summed E-state index contributed by atoms with van der Waals surface area (Å²) in [5.74, 6) is 1.05. The smallest absolute Gasteiger partial charge is 0.108 e. The molecule has 1 aliphatic carbocycles. The summed E-state index contributed by atoms with van der Waals surface area (Å²) in [6.07, 6.45) is 9.05. The van der Waals surface area contributed by atoms with Crippen LogP contribution in [0, 0.1) is 0 Å². The summed E-state index contributed by atoms with van der Waals surface area (Å²) >= 11 is 0. The van der Waals surface area contributed by atoms with Gasteiger partial charge in [-0.15, -0.1) is 0 Å². The lowest BCUT2D eigenvalue weighted by Crippen LogP contribution is -1.93.